The third-order valence-corrected chi connectivity index (χ3v) is 2.69. The van der Waals surface area contributed by atoms with Crippen molar-refractivity contribution in [2.45, 2.75) is 25.5 Å². The summed E-state index contributed by atoms with van der Waals surface area (Å²) in [6, 6.07) is 3.32. The third kappa shape index (κ3) is 2.05. The molecule has 0 aliphatic carbocycles. The van der Waals surface area contributed by atoms with E-state index in [1.807, 2.05) is 0 Å². The van der Waals surface area contributed by atoms with Gasteiger partial charge in [-0.15, -0.1) is 0 Å². The molecule has 0 saturated carbocycles. The molecule has 1 aromatic rings. The van der Waals surface area contributed by atoms with Crippen molar-refractivity contribution < 1.29 is 9.50 Å². The molecule has 0 radical (unpaired) electrons. The van der Waals surface area contributed by atoms with Crippen LogP contribution in [0, 0.1) is 5.82 Å². The Morgan fingerprint density at radius 1 is 1.57 bits per heavy atom. The Labute approximate surface area is 87.5 Å². The molecule has 0 saturated heterocycles. The van der Waals surface area contributed by atoms with Gasteiger partial charge in [-0.2, -0.15) is 0 Å². The average Bonchev–Trinajstić information content (AvgIpc) is 2.08. The molecule has 0 aliphatic heterocycles. The fourth-order valence-electron chi connectivity index (χ4n) is 1.13. The molecule has 0 aliphatic rings. The number of benzene rings is 1. The van der Waals surface area contributed by atoms with E-state index >= 15 is 0 Å². The lowest BCUT2D eigenvalue weighted by Gasteiger charge is -2.28. The largest absolute Gasteiger partial charge is 0.384 e. The second kappa shape index (κ2) is 3.85. The van der Waals surface area contributed by atoms with E-state index in [1.54, 1.807) is 6.92 Å². The van der Waals surface area contributed by atoms with Crippen LogP contribution in [-0.2, 0) is 5.60 Å². The van der Waals surface area contributed by atoms with Gasteiger partial charge in [0.25, 0.3) is 0 Å². The molecule has 3 N–H and O–H groups in total. The summed E-state index contributed by atoms with van der Waals surface area (Å²) in [7, 11) is 0. The van der Waals surface area contributed by atoms with Crippen molar-refractivity contribution >= 4 is 11.6 Å². The summed E-state index contributed by atoms with van der Waals surface area (Å²) < 4.78 is 12.9. The summed E-state index contributed by atoms with van der Waals surface area (Å²) in [5.74, 6) is -0.440. The Morgan fingerprint density at radius 2 is 2.14 bits per heavy atom. The molecule has 1 aromatic carbocycles. The van der Waals surface area contributed by atoms with E-state index in [0.717, 1.165) is 0 Å². The van der Waals surface area contributed by atoms with Gasteiger partial charge in [0.05, 0.1) is 0 Å². The summed E-state index contributed by atoms with van der Waals surface area (Å²) in [5.41, 5.74) is 4.58. The van der Waals surface area contributed by atoms with Gasteiger partial charge in [-0.1, -0.05) is 11.6 Å². The third-order valence-electron chi connectivity index (χ3n) is 2.36. The molecule has 0 bridgehead atoms. The molecule has 1 rings (SSSR count). The number of halogens is 2. The lowest BCUT2D eigenvalue weighted by Crippen LogP contribution is -2.41. The Balaban J connectivity index is 3.24. The number of nitrogens with two attached hydrogens (primary N) is 1. The van der Waals surface area contributed by atoms with Crippen molar-refractivity contribution in [3.8, 4) is 0 Å². The van der Waals surface area contributed by atoms with E-state index in [0.29, 0.717) is 10.6 Å². The Morgan fingerprint density at radius 3 is 2.64 bits per heavy atom. The van der Waals surface area contributed by atoms with Gasteiger partial charge < -0.3 is 10.8 Å². The summed E-state index contributed by atoms with van der Waals surface area (Å²) in [6.07, 6.45) is 0. The van der Waals surface area contributed by atoms with E-state index in [9.17, 15) is 9.50 Å². The van der Waals surface area contributed by atoms with Gasteiger partial charge in [-0.3, -0.25) is 0 Å². The van der Waals surface area contributed by atoms with Crippen LogP contribution in [0.1, 0.15) is 19.4 Å². The first-order valence-corrected chi connectivity index (χ1v) is 4.67. The standard InChI is InChI=1S/C10H13ClFNO/c1-6(13)10(2,14)8-5-7(12)3-4-9(8)11/h3-6,14H,13H2,1-2H3. The van der Waals surface area contributed by atoms with Crippen LogP contribution in [0.2, 0.25) is 5.02 Å². The highest BCUT2D eigenvalue weighted by Gasteiger charge is 2.30. The van der Waals surface area contributed by atoms with Crippen LogP contribution in [0.3, 0.4) is 0 Å². The molecular formula is C10H13ClFNO. The van der Waals surface area contributed by atoms with E-state index in [-0.39, 0.29) is 0 Å². The maximum absolute atomic E-state index is 12.9. The molecular weight excluding hydrogens is 205 g/mol. The number of hydrogen-bond donors (Lipinski definition) is 2. The fourth-order valence-corrected chi connectivity index (χ4v) is 1.44. The van der Waals surface area contributed by atoms with Crippen molar-refractivity contribution in [2.24, 2.45) is 5.73 Å². The molecule has 0 spiro atoms. The first-order valence-electron chi connectivity index (χ1n) is 4.29. The summed E-state index contributed by atoms with van der Waals surface area (Å²) in [5, 5.41) is 10.3. The zero-order valence-electron chi connectivity index (χ0n) is 8.09. The van der Waals surface area contributed by atoms with Gasteiger partial charge in [0.15, 0.2) is 0 Å². The normalized spacial score (nSPS) is 17.6. The van der Waals surface area contributed by atoms with E-state index < -0.39 is 17.5 Å². The topological polar surface area (TPSA) is 46.2 Å². The molecule has 0 aromatic heterocycles. The van der Waals surface area contributed by atoms with Crippen molar-refractivity contribution in [2.75, 3.05) is 0 Å². The molecule has 78 valence electrons. The highest BCUT2D eigenvalue weighted by molar-refractivity contribution is 6.31. The Kier molecular flexibility index (Phi) is 3.14. The maximum atomic E-state index is 12.9. The molecule has 0 heterocycles. The van der Waals surface area contributed by atoms with Crippen LogP contribution in [0.15, 0.2) is 18.2 Å². The zero-order chi connectivity index (χ0) is 10.9. The zero-order valence-corrected chi connectivity index (χ0v) is 8.85. The molecule has 0 fully saturated rings. The first kappa shape index (κ1) is 11.4. The SMILES string of the molecule is CC(N)C(C)(O)c1cc(F)ccc1Cl. The van der Waals surface area contributed by atoms with E-state index in [4.69, 9.17) is 17.3 Å². The van der Waals surface area contributed by atoms with Crippen LogP contribution in [-0.4, -0.2) is 11.1 Å². The summed E-state index contributed by atoms with van der Waals surface area (Å²) in [6.45, 7) is 3.15. The number of hydrogen-bond acceptors (Lipinski definition) is 2. The van der Waals surface area contributed by atoms with Gasteiger partial charge in [-0.25, -0.2) is 4.39 Å². The molecule has 2 nitrogen and oxygen atoms in total. The molecule has 14 heavy (non-hydrogen) atoms. The van der Waals surface area contributed by atoms with Gasteiger partial charge in [0, 0.05) is 16.6 Å². The fraction of sp³-hybridized carbons (Fsp3) is 0.400. The van der Waals surface area contributed by atoms with Crippen LogP contribution < -0.4 is 5.73 Å². The highest BCUT2D eigenvalue weighted by atomic mass is 35.5. The lowest BCUT2D eigenvalue weighted by atomic mass is 9.89. The highest BCUT2D eigenvalue weighted by Crippen LogP contribution is 2.30. The van der Waals surface area contributed by atoms with Gasteiger partial charge in [-0.05, 0) is 32.0 Å². The van der Waals surface area contributed by atoms with Crippen molar-refractivity contribution in [3.63, 3.8) is 0 Å². The Bertz CT molecular complexity index is 339. The molecule has 2 unspecified atom stereocenters. The van der Waals surface area contributed by atoms with Crippen molar-refractivity contribution in [1.82, 2.24) is 0 Å². The molecule has 4 heteroatoms. The predicted octanol–water partition coefficient (Wildman–Crippen LogP) is 2.03. The first-order chi connectivity index (χ1) is 6.35. The smallest absolute Gasteiger partial charge is 0.123 e. The van der Waals surface area contributed by atoms with Crippen LogP contribution >= 0.6 is 11.6 Å². The number of aliphatic hydroxyl groups is 1. The minimum Gasteiger partial charge on any atom is -0.384 e. The summed E-state index contributed by atoms with van der Waals surface area (Å²) >= 11 is 5.84. The lowest BCUT2D eigenvalue weighted by molar-refractivity contribution is 0.0347. The van der Waals surface area contributed by atoms with Gasteiger partial charge >= 0.3 is 0 Å². The second-order valence-corrected chi connectivity index (χ2v) is 3.97. The van der Waals surface area contributed by atoms with Crippen molar-refractivity contribution in [3.05, 3.63) is 34.6 Å². The summed E-state index contributed by atoms with van der Waals surface area (Å²) in [4.78, 5) is 0. The maximum Gasteiger partial charge on any atom is 0.123 e. The van der Waals surface area contributed by atoms with Crippen LogP contribution in [0.5, 0.6) is 0 Å². The minimum absolute atomic E-state index is 0.314. The van der Waals surface area contributed by atoms with E-state index in [2.05, 4.69) is 0 Å². The minimum atomic E-state index is -1.32. The molecule has 0 amide bonds. The van der Waals surface area contributed by atoms with Gasteiger partial charge in [0.1, 0.15) is 11.4 Å². The van der Waals surface area contributed by atoms with Crippen LogP contribution in [0.25, 0.3) is 0 Å². The van der Waals surface area contributed by atoms with Crippen molar-refractivity contribution in [1.29, 1.82) is 0 Å². The average molecular weight is 218 g/mol. The number of rotatable bonds is 2. The monoisotopic (exact) mass is 217 g/mol. The van der Waals surface area contributed by atoms with E-state index in [1.165, 1.54) is 25.1 Å². The quantitative estimate of drug-likeness (QED) is 0.797. The second-order valence-electron chi connectivity index (χ2n) is 3.56. The molecule has 2 atom stereocenters. The van der Waals surface area contributed by atoms with Gasteiger partial charge in [0.2, 0.25) is 0 Å². The Hall–Kier alpha value is -0.640. The van der Waals surface area contributed by atoms with Crippen LogP contribution in [0.4, 0.5) is 4.39 Å². The predicted molar refractivity (Wildman–Crippen MR) is 54.6 cm³/mol.